The van der Waals surface area contributed by atoms with E-state index in [4.69, 9.17) is 0 Å². The lowest BCUT2D eigenvalue weighted by Crippen LogP contribution is -2.43. The molecule has 1 aliphatic heterocycles. The van der Waals surface area contributed by atoms with E-state index in [1.165, 1.54) is 54.0 Å². The van der Waals surface area contributed by atoms with Gasteiger partial charge >= 0.3 is 0 Å². The maximum atomic E-state index is 2.56. The second kappa shape index (κ2) is 8.64. The van der Waals surface area contributed by atoms with Crippen LogP contribution in [-0.4, -0.2) is 43.0 Å². The highest BCUT2D eigenvalue weighted by Gasteiger charge is 2.14. The van der Waals surface area contributed by atoms with Crippen LogP contribution >= 0.6 is 0 Å². The minimum atomic E-state index is 0.594. The zero-order valence-corrected chi connectivity index (χ0v) is 16.4. The van der Waals surface area contributed by atoms with E-state index in [-0.39, 0.29) is 0 Å². The predicted octanol–water partition coefficient (Wildman–Crippen LogP) is 4.83. The first-order valence-electron chi connectivity index (χ1n) is 9.26. The van der Waals surface area contributed by atoms with Crippen LogP contribution in [0.5, 0.6) is 0 Å². The molecule has 0 aromatic heterocycles. The largest absolute Gasteiger partial charge is 0.304 e. The molecule has 2 rings (SSSR count). The number of rotatable bonds is 5. The van der Waals surface area contributed by atoms with Crippen molar-refractivity contribution in [1.82, 2.24) is 9.80 Å². The molecule has 1 fully saturated rings. The Hall–Kier alpha value is -1.38. The number of allylic oxidation sites excluding steroid dienone is 4. The van der Waals surface area contributed by atoms with Gasteiger partial charge < -0.3 is 4.90 Å². The minimum Gasteiger partial charge on any atom is -0.304 e. The van der Waals surface area contributed by atoms with Gasteiger partial charge in [-0.2, -0.15) is 0 Å². The predicted molar refractivity (Wildman–Crippen MR) is 106 cm³/mol. The maximum absolute atomic E-state index is 2.56. The van der Waals surface area contributed by atoms with Gasteiger partial charge in [0, 0.05) is 32.7 Å². The van der Waals surface area contributed by atoms with Gasteiger partial charge in [0.15, 0.2) is 0 Å². The maximum Gasteiger partial charge on any atom is 0.0234 e. The molecule has 24 heavy (non-hydrogen) atoms. The quantitative estimate of drug-likeness (QED) is 0.715. The van der Waals surface area contributed by atoms with Crippen LogP contribution in [0.2, 0.25) is 0 Å². The van der Waals surface area contributed by atoms with Crippen LogP contribution < -0.4 is 0 Å². The van der Waals surface area contributed by atoms with Gasteiger partial charge in [-0.25, -0.2) is 0 Å². The zero-order valence-electron chi connectivity index (χ0n) is 16.4. The van der Waals surface area contributed by atoms with Gasteiger partial charge in [0.05, 0.1) is 0 Å². The average molecular weight is 327 g/mol. The fraction of sp³-hybridized carbons (Fsp3) is 0.545. The highest BCUT2D eigenvalue weighted by molar-refractivity contribution is 5.79. The van der Waals surface area contributed by atoms with Gasteiger partial charge in [-0.05, 0) is 56.0 Å². The molecule has 0 saturated carbocycles. The van der Waals surface area contributed by atoms with Gasteiger partial charge in [-0.15, -0.1) is 0 Å². The van der Waals surface area contributed by atoms with Crippen molar-refractivity contribution in [3.63, 3.8) is 0 Å². The molecule has 1 aliphatic rings. The Bertz CT molecular complexity index is 585. The van der Waals surface area contributed by atoms with E-state index in [1.807, 2.05) is 0 Å². The van der Waals surface area contributed by atoms with Gasteiger partial charge in [0.25, 0.3) is 0 Å². The first kappa shape index (κ1) is 19.0. The Morgan fingerprint density at radius 2 is 1.62 bits per heavy atom. The lowest BCUT2D eigenvalue weighted by atomic mass is 9.90. The summed E-state index contributed by atoms with van der Waals surface area (Å²) >= 11 is 0. The van der Waals surface area contributed by atoms with Crippen LogP contribution in [-0.2, 0) is 6.54 Å². The number of piperazine rings is 1. The molecule has 1 heterocycles. The Labute approximate surface area is 148 Å². The minimum absolute atomic E-state index is 0.594. The number of hydrogen-bond donors (Lipinski definition) is 0. The van der Waals surface area contributed by atoms with Crippen LogP contribution in [0.1, 0.15) is 45.7 Å². The summed E-state index contributed by atoms with van der Waals surface area (Å²) in [4.78, 5) is 4.96. The van der Waals surface area contributed by atoms with Crippen molar-refractivity contribution < 1.29 is 0 Å². The number of nitrogens with zero attached hydrogens (tertiary/aromatic N) is 2. The van der Waals surface area contributed by atoms with Crippen molar-refractivity contribution in [1.29, 1.82) is 0 Å². The normalized spacial score (nSPS) is 18.9. The molecule has 0 radical (unpaired) electrons. The number of likely N-dealkylation sites (N-methyl/N-ethyl adjacent to an activating group) is 1. The SMILES string of the molecule is C/C=C(/C(C)=C(\C)C(C)C)c1ccc(CN2CCN(C)CC2)cc1. The molecule has 132 valence electrons. The lowest BCUT2D eigenvalue weighted by Gasteiger charge is -2.32. The second-order valence-corrected chi connectivity index (χ2v) is 7.44. The molecule has 2 heteroatoms. The molecule has 1 saturated heterocycles. The third-order valence-electron chi connectivity index (χ3n) is 5.42. The Balaban J connectivity index is 2.09. The van der Waals surface area contributed by atoms with Gasteiger partial charge in [-0.1, -0.05) is 49.8 Å². The summed E-state index contributed by atoms with van der Waals surface area (Å²) in [7, 11) is 2.21. The Kier molecular flexibility index (Phi) is 6.82. The van der Waals surface area contributed by atoms with E-state index < -0.39 is 0 Å². The molecule has 1 aromatic rings. The van der Waals surface area contributed by atoms with Crippen molar-refractivity contribution in [2.24, 2.45) is 5.92 Å². The summed E-state index contributed by atoms with van der Waals surface area (Å²) in [5.41, 5.74) is 7.01. The van der Waals surface area contributed by atoms with E-state index in [9.17, 15) is 0 Å². The number of hydrogen-bond acceptors (Lipinski definition) is 2. The van der Waals surface area contributed by atoms with Crippen LogP contribution in [0.25, 0.3) is 5.57 Å². The highest BCUT2D eigenvalue weighted by Crippen LogP contribution is 2.28. The molecule has 0 aliphatic carbocycles. The summed E-state index contributed by atoms with van der Waals surface area (Å²) in [5.74, 6) is 0.594. The summed E-state index contributed by atoms with van der Waals surface area (Å²) in [5, 5.41) is 0. The van der Waals surface area contributed by atoms with Crippen molar-refractivity contribution in [3.05, 3.63) is 52.6 Å². The molecular weight excluding hydrogens is 292 g/mol. The fourth-order valence-corrected chi connectivity index (χ4v) is 3.30. The molecule has 2 nitrogen and oxygen atoms in total. The first-order valence-corrected chi connectivity index (χ1v) is 9.26. The molecule has 0 spiro atoms. The molecule has 0 atom stereocenters. The van der Waals surface area contributed by atoms with Gasteiger partial charge in [0.1, 0.15) is 0 Å². The van der Waals surface area contributed by atoms with E-state index in [1.54, 1.807) is 0 Å². The van der Waals surface area contributed by atoms with Crippen LogP contribution in [0.15, 0.2) is 41.5 Å². The van der Waals surface area contributed by atoms with Crippen molar-refractivity contribution in [2.75, 3.05) is 33.2 Å². The standard InChI is InChI=1S/C22H34N2/c1-7-22(19(5)18(4)17(2)3)21-10-8-20(9-11-21)16-24-14-12-23(6)13-15-24/h7-11,17H,12-16H2,1-6H3/b19-18+,22-7-. The van der Waals surface area contributed by atoms with Gasteiger partial charge in [-0.3, -0.25) is 4.90 Å². The average Bonchev–Trinajstić information content (AvgIpc) is 2.58. The van der Waals surface area contributed by atoms with E-state index >= 15 is 0 Å². The van der Waals surface area contributed by atoms with Crippen LogP contribution in [0, 0.1) is 5.92 Å². The first-order chi connectivity index (χ1) is 11.4. The number of benzene rings is 1. The summed E-state index contributed by atoms with van der Waals surface area (Å²) < 4.78 is 0. The van der Waals surface area contributed by atoms with E-state index in [0.29, 0.717) is 5.92 Å². The molecule has 1 aromatic carbocycles. The smallest absolute Gasteiger partial charge is 0.0234 e. The molecule has 0 unspecified atom stereocenters. The molecular formula is C22H34N2. The fourth-order valence-electron chi connectivity index (χ4n) is 3.30. The van der Waals surface area contributed by atoms with E-state index in [2.05, 4.69) is 81.8 Å². The topological polar surface area (TPSA) is 6.48 Å². The second-order valence-electron chi connectivity index (χ2n) is 7.44. The van der Waals surface area contributed by atoms with Crippen molar-refractivity contribution in [3.8, 4) is 0 Å². The monoisotopic (exact) mass is 326 g/mol. The zero-order chi connectivity index (χ0) is 17.7. The highest BCUT2D eigenvalue weighted by atomic mass is 15.2. The molecule has 0 amide bonds. The Morgan fingerprint density at radius 3 is 2.12 bits per heavy atom. The Morgan fingerprint density at radius 1 is 1.04 bits per heavy atom. The third-order valence-corrected chi connectivity index (χ3v) is 5.42. The lowest BCUT2D eigenvalue weighted by molar-refractivity contribution is 0.148. The third kappa shape index (κ3) is 4.81. The van der Waals surface area contributed by atoms with Gasteiger partial charge in [0.2, 0.25) is 0 Å². The summed E-state index contributed by atoms with van der Waals surface area (Å²) in [6.45, 7) is 17.0. The molecule has 0 bridgehead atoms. The van der Waals surface area contributed by atoms with Crippen LogP contribution in [0.3, 0.4) is 0 Å². The van der Waals surface area contributed by atoms with E-state index in [0.717, 1.165) is 6.54 Å². The molecule has 0 N–H and O–H groups in total. The summed E-state index contributed by atoms with van der Waals surface area (Å²) in [6.07, 6.45) is 2.25. The van der Waals surface area contributed by atoms with Crippen molar-refractivity contribution >= 4 is 5.57 Å². The van der Waals surface area contributed by atoms with Crippen molar-refractivity contribution in [2.45, 2.75) is 41.2 Å². The van der Waals surface area contributed by atoms with Crippen LogP contribution in [0.4, 0.5) is 0 Å². The summed E-state index contributed by atoms with van der Waals surface area (Å²) in [6, 6.07) is 9.18.